The number of thioether (sulfide) groups is 2. The highest BCUT2D eigenvalue weighted by Crippen LogP contribution is 2.34. The molecule has 2 aromatic carbocycles. The average molecular weight is 374 g/mol. The quantitative estimate of drug-likeness (QED) is 0.762. The van der Waals surface area contributed by atoms with Gasteiger partial charge >= 0.3 is 0 Å². The van der Waals surface area contributed by atoms with Gasteiger partial charge in [-0.3, -0.25) is 9.59 Å². The average Bonchev–Trinajstić information content (AvgIpc) is 2.61. The number of nitrogens with two attached hydrogens (primary N) is 1. The van der Waals surface area contributed by atoms with E-state index in [9.17, 15) is 9.59 Å². The third-order valence-electron chi connectivity index (χ3n) is 3.69. The first-order chi connectivity index (χ1) is 12.1. The van der Waals surface area contributed by atoms with Crippen LogP contribution in [0.1, 0.15) is 0 Å². The minimum Gasteiger partial charge on any atom is -0.369 e. The van der Waals surface area contributed by atoms with Gasteiger partial charge in [0, 0.05) is 22.1 Å². The van der Waals surface area contributed by atoms with Gasteiger partial charge in [-0.25, -0.2) is 0 Å². The van der Waals surface area contributed by atoms with Crippen LogP contribution >= 0.6 is 23.5 Å². The number of primary amides is 1. The number of carbonyl (C=O) groups is 2. The van der Waals surface area contributed by atoms with Crippen molar-refractivity contribution in [1.82, 2.24) is 0 Å². The van der Waals surface area contributed by atoms with Crippen LogP contribution in [-0.2, 0) is 9.59 Å². The zero-order valence-corrected chi connectivity index (χ0v) is 15.2. The van der Waals surface area contributed by atoms with Crippen LogP contribution in [0.15, 0.2) is 58.3 Å². The summed E-state index contributed by atoms with van der Waals surface area (Å²) in [5.41, 5.74) is 7.01. The highest BCUT2D eigenvalue weighted by Gasteiger charge is 2.19. The molecule has 3 N–H and O–H groups in total. The van der Waals surface area contributed by atoms with E-state index < -0.39 is 0 Å². The fourth-order valence-corrected chi connectivity index (χ4v) is 4.40. The largest absolute Gasteiger partial charge is 0.369 e. The van der Waals surface area contributed by atoms with Crippen LogP contribution in [0.25, 0.3) is 0 Å². The van der Waals surface area contributed by atoms with Crippen molar-refractivity contribution in [2.45, 2.75) is 9.79 Å². The lowest BCUT2D eigenvalue weighted by Crippen LogP contribution is -2.36. The molecule has 0 aliphatic carbocycles. The Morgan fingerprint density at radius 1 is 1.16 bits per heavy atom. The molecule has 1 heterocycles. The van der Waals surface area contributed by atoms with Crippen molar-refractivity contribution >= 4 is 46.7 Å². The molecule has 0 aromatic heterocycles. The lowest BCUT2D eigenvalue weighted by Gasteiger charge is -2.30. The molecular weight excluding hydrogens is 354 g/mol. The van der Waals surface area contributed by atoms with Crippen LogP contribution < -0.4 is 16.0 Å². The summed E-state index contributed by atoms with van der Waals surface area (Å²) in [6.07, 6.45) is 0. The summed E-state index contributed by atoms with van der Waals surface area (Å²) < 4.78 is 0. The molecule has 7 heteroatoms. The van der Waals surface area contributed by atoms with Crippen LogP contribution in [-0.4, -0.2) is 36.4 Å². The minimum atomic E-state index is -0.381. The highest BCUT2D eigenvalue weighted by molar-refractivity contribution is 8.00. The van der Waals surface area contributed by atoms with Crippen LogP contribution in [0.5, 0.6) is 0 Å². The van der Waals surface area contributed by atoms with E-state index in [1.807, 2.05) is 54.2 Å². The zero-order chi connectivity index (χ0) is 17.6. The molecule has 1 aliphatic heterocycles. The number of para-hydroxylation sites is 2. The number of benzene rings is 2. The van der Waals surface area contributed by atoms with Crippen molar-refractivity contribution < 1.29 is 9.59 Å². The Balaban J connectivity index is 1.67. The van der Waals surface area contributed by atoms with Gasteiger partial charge in [0.15, 0.2) is 0 Å². The molecule has 0 unspecified atom stereocenters. The lowest BCUT2D eigenvalue weighted by molar-refractivity contribution is -0.116. The number of fused-ring (bicyclic) bond motifs is 1. The van der Waals surface area contributed by atoms with Crippen molar-refractivity contribution in [3.8, 4) is 0 Å². The minimum absolute atomic E-state index is 0.0752. The molecular formula is C18H19N3O2S2. The van der Waals surface area contributed by atoms with Crippen molar-refractivity contribution in [2.75, 3.05) is 34.8 Å². The van der Waals surface area contributed by atoms with Crippen molar-refractivity contribution in [2.24, 2.45) is 5.73 Å². The second-order valence-corrected chi connectivity index (χ2v) is 7.69. The number of hydrogen-bond donors (Lipinski definition) is 2. The Morgan fingerprint density at radius 3 is 2.76 bits per heavy atom. The monoisotopic (exact) mass is 373 g/mol. The fourth-order valence-electron chi connectivity index (χ4n) is 2.60. The van der Waals surface area contributed by atoms with Gasteiger partial charge in [-0.15, -0.1) is 23.5 Å². The van der Waals surface area contributed by atoms with E-state index in [0.29, 0.717) is 12.2 Å². The summed E-state index contributed by atoms with van der Waals surface area (Å²) >= 11 is 3.14. The maximum Gasteiger partial charge on any atom is 0.243 e. The molecule has 0 fully saturated rings. The molecule has 0 saturated heterocycles. The first-order valence-corrected chi connectivity index (χ1v) is 9.87. The molecule has 0 bridgehead atoms. The standard InChI is InChI=1S/C18H19N3O2S2/c19-17(22)12-25-15-7-3-1-5-13(15)20-18(23)11-21-9-10-24-16-8-4-2-6-14(16)21/h1-8H,9-12H2,(H2,19,22)(H,20,23). The Labute approximate surface area is 155 Å². The summed E-state index contributed by atoms with van der Waals surface area (Å²) in [7, 11) is 0. The van der Waals surface area contributed by atoms with Crippen LogP contribution in [0.3, 0.4) is 0 Å². The Hall–Kier alpha value is -2.12. The third-order valence-corrected chi connectivity index (χ3v) is 5.83. The summed E-state index contributed by atoms with van der Waals surface area (Å²) in [6, 6.07) is 15.6. The van der Waals surface area contributed by atoms with E-state index in [1.165, 1.54) is 16.7 Å². The summed E-state index contributed by atoms with van der Waals surface area (Å²) in [5.74, 6) is 0.696. The molecule has 25 heavy (non-hydrogen) atoms. The SMILES string of the molecule is NC(=O)CSc1ccccc1NC(=O)CN1CCSc2ccccc21. The van der Waals surface area contributed by atoms with Crippen molar-refractivity contribution in [3.05, 3.63) is 48.5 Å². The lowest BCUT2D eigenvalue weighted by atomic mass is 10.2. The number of anilines is 2. The number of nitrogens with zero attached hydrogens (tertiary/aromatic N) is 1. The maximum absolute atomic E-state index is 12.5. The normalized spacial score (nSPS) is 13.2. The molecule has 3 rings (SSSR count). The predicted molar refractivity (Wildman–Crippen MR) is 104 cm³/mol. The fraction of sp³-hybridized carbons (Fsp3) is 0.222. The first kappa shape index (κ1) is 17.7. The van der Waals surface area contributed by atoms with E-state index in [0.717, 1.165) is 22.9 Å². The Bertz CT molecular complexity index is 782. The molecule has 1 aliphatic rings. The molecule has 5 nitrogen and oxygen atoms in total. The van der Waals surface area contributed by atoms with Gasteiger partial charge in [0.05, 0.1) is 23.7 Å². The zero-order valence-electron chi connectivity index (χ0n) is 13.6. The van der Waals surface area contributed by atoms with E-state index in [-0.39, 0.29) is 17.6 Å². The molecule has 0 saturated carbocycles. The molecule has 2 amide bonds. The summed E-state index contributed by atoms with van der Waals surface area (Å²) in [6.45, 7) is 1.14. The van der Waals surface area contributed by atoms with Gasteiger partial charge in [0.25, 0.3) is 0 Å². The number of carbonyl (C=O) groups excluding carboxylic acids is 2. The van der Waals surface area contributed by atoms with Crippen LogP contribution in [0, 0.1) is 0 Å². The predicted octanol–water partition coefficient (Wildman–Crippen LogP) is 2.81. The van der Waals surface area contributed by atoms with Crippen LogP contribution in [0.2, 0.25) is 0 Å². The van der Waals surface area contributed by atoms with Gasteiger partial charge in [0.1, 0.15) is 0 Å². The number of hydrogen-bond acceptors (Lipinski definition) is 5. The second-order valence-electron chi connectivity index (χ2n) is 5.54. The molecule has 130 valence electrons. The first-order valence-electron chi connectivity index (χ1n) is 7.90. The van der Waals surface area contributed by atoms with Gasteiger partial charge in [-0.2, -0.15) is 0 Å². The Morgan fingerprint density at radius 2 is 1.92 bits per heavy atom. The van der Waals surface area contributed by atoms with Gasteiger partial charge < -0.3 is 16.0 Å². The van der Waals surface area contributed by atoms with Gasteiger partial charge in [0.2, 0.25) is 11.8 Å². The second kappa shape index (κ2) is 8.31. The van der Waals surface area contributed by atoms with Gasteiger partial charge in [-0.05, 0) is 24.3 Å². The number of nitrogens with one attached hydrogen (secondary N) is 1. The number of amides is 2. The summed E-state index contributed by atoms with van der Waals surface area (Å²) in [5, 5.41) is 2.95. The van der Waals surface area contributed by atoms with Crippen molar-refractivity contribution in [1.29, 1.82) is 0 Å². The molecule has 2 aromatic rings. The van der Waals surface area contributed by atoms with E-state index in [4.69, 9.17) is 5.73 Å². The summed E-state index contributed by atoms with van der Waals surface area (Å²) in [4.78, 5) is 27.7. The number of rotatable bonds is 6. The van der Waals surface area contributed by atoms with Crippen LogP contribution in [0.4, 0.5) is 11.4 Å². The van der Waals surface area contributed by atoms with Crippen molar-refractivity contribution in [3.63, 3.8) is 0 Å². The maximum atomic E-state index is 12.5. The highest BCUT2D eigenvalue weighted by atomic mass is 32.2. The van der Waals surface area contributed by atoms with E-state index in [2.05, 4.69) is 16.3 Å². The Kier molecular flexibility index (Phi) is 5.88. The topological polar surface area (TPSA) is 75.4 Å². The third kappa shape index (κ3) is 4.70. The molecule has 0 radical (unpaired) electrons. The molecule has 0 atom stereocenters. The van der Waals surface area contributed by atoms with Gasteiger partial charge in [-0.1, -0.05) is 24.3 Å². The van der Waals surface area contributed by atoms with E-state index in [1.54, 1.807) is 0 Å². The van der Waals surface area contributed by atoms with E-state index >= 15 is 0 Å². The smallest absolute Gasteiger partial charge is 0.243 e. The molecule has 0 spiro atoms.